The number of amides is 1. The van der Waals surface area contributed by atoms with E-state index >= 15 is 0 Å². The Labute approximate surface area is 165 Å². The van der Waals surface area contributed by atoms with Gasteiger partial charge >= 0.3 is 5.69 Å². The fourth-order valence-electron chi connectivity index (χ4n) is 3.67. The Morgan fingerprint density at radius 1 is 1.14 bits per heavy atom. The Balaban J connectivity index is 1.44. The lowest BCUT2D eigenvalue weighted by molar-refractivity contribution is 0.0689. The third-order valence-electron chi connectivity index (χ3n) is 5.24. The Morgan fingerprint density at radius 2 is 1.90 bits per heavy atom. The van der Waals surface area contributed by atoms with Gasteiger partial charge in [-0.15, -0.1) is 0 Å². The first-order chi connectivity index (χ1) is 14.0. The number of aromatic amines is 2. The highest BCUT2D eigenvalue weighted by Crippen LogP contribution is 2.23. The lowest BCUT2D eigenvalue weighted by Crippen LogP contribution is -2.39. The number of rotatable bonds is 4. The van der Waals surface area contributed by atoms with E-state index in [1.54, 1.807) is 23.1 Å². The second kappa shape index (κ2) is 7.86. The van der Waals surface area contributed by atoms with E-state index in [1.165, 1.54) is 29.0 Å². The molecule has 0 radical (unpaired) electrons. The monoisotopic (exact) mass is 397 g/mol. The number of hydrogen-bond donors (Lipinski definition) is 2. The van der Waals surface area contributed by atoms with Crippen LogP contribution in [-0.2, 0) is 6.42 Å². The molecule has 1 fully saturated rings. The summed E-state index contributed by atoms with van der Waals surface area (Å²) in [5.41, 5.74) is -0.105. The van der Waals surface area contributed by atoms with Crippen molar-refractivity contribution >= 4 is 5.91 Å². The first-order valence-electron chi connectivity index (χ1n) is 9.42. The van der Waals surface area contributed by atoms with Crippen LogP contribution in [0.25, 0.3) is 5.69 Å². The van der Waals surface area contributed by atoms with Gasteiger partial charge in [0.15, 0.2) is 0 Å². The third kappa shape index (κ3) is 3.89. The molecule has 0 bridgehead atoms. The van der Waals surface area contributed by atoms with Crippen molar-refractivity contribution < 1.29 is 9.18 Å². The topological polar surface area (TPSA) is 104 Å². The van der Waals surface area contributed by atoms with Gasteiger partial charge in [0.1, 0.15) is 11.6 Å². The summed E-state index contributed by atoms with van der Waals surface area (Å²) >= 11 is 0. The maximum Gasteiger partial charge on any atom is 0.348 e. The molecule has 3 aromatic rings. The lowest BCUT2D eigenvalue weighted by Gasteiger charge is -2.31. The van der Waals surface area contributed by atoms with E-state index in [0.29, 0.717) is 30.9 Å². The number of piperidine rings is 1. The maximum absolute atomic E-state index is 14.2. The summed E-state index contributed by atoms with van der Waals surface area (Å²) in [6.45, 7) is 1.13. The number of H-pyrrole nitrogens is 2. The number of para-hydroxylation sites is 1. The van der Waals surface area contributed by atoms with Crippen LogP contribution in [0.5, 0.6) is 0 Å². The second-order valence-electron chi connectivity index (χ2n) is 7.11. The van der Waals surface area contributed by atoms with Gasteiger partial charge in [0.25, 0.3) is 5.91 Å². The molecular weight excluding hydrogens is 377 g/mol. The van der Waals surface area contributed by atoms with Crippen molar-refractivity contribution in [1.29, 1.82) is 0 Å². The largest absolute Gasteiger partial charge is 0.348 e. The van der Waals surface area contributed by atoms with Gasteiger partial charge in [-0.2, -0.15) is 5.10 Å². The summed E-state index contributed by atoms with van der Waals surface area (Å²) in [4.78, 5) is 40.1. The zero-order valence-corrected chi connectivity index (χ0v) is 15.6. The quantitative estimate of drug-likeness (QED) is 0.696. The number of likely N-dealkylation sites (tertiary alicyclic amines) is 1. The van der Waals surface area contributed by atoms with E-state index in [2.05, 4.69) is 15.2 Å². The molecule has 0 atom stereocenters. The molecule has 2 aromatic heterocycles. The van der Waals surface area contributed by atoms with Crippen LogP contribution in [0.15, 0.2) is 52.2 Å². The molecule has 9 heteroatoms. The number of carbonyl (C=O) groups excluding carboxylic acids is 1. The van der Waals surface area contributed by atoms with Crippen molar-refractivity contribution in [2.45, 2.75) is 19.3 Å². The van der Waals surface area contributed by atoms with E-state index in [-0.39, 0.29) is 23.1 Å². The van der Waals surface area contributed by atoms with E-state index < -0.39 is 11.5 Å². The number of aromatic nitrogens is 4. The van der Waals surface area contributed by atoms with Crippen molar-refractivity contribution in [3.05, 3.63) is 80.6 Å². The summed E-state index contributed by atoms with van der Waals surface area (Å²) in [7, 11) is 0. The van der Waals surface area contributed by atoms with Gasteiger partial charge < -0.3 is 9.88 Å². The molecule has 2 N–H and O–H groups in total. The van der Waals surface area contributed by atoms with Crippen molar-refractivity contribution in [3.63, 3.8) is 0 Å². The van der Waals surface area contributed by atoms with Gasteiger partial charge in [0, 0.05) is 31.8 Å². The summed E-state index contributed by atoms with van der Waals surface area (Å²) < 4.78 is 15.4. The molecule has 1 aliphatic rings. The van der Waals surface area contributed by atoms with E-state index in [0.717, 1.165) is 12.8 Å². The Kier molecular flexibility index (Phi) is 5.11. The van der Waals surface area contributed by atoms with Crippen LogP contribution in [0.4, 0.5) is 4.39 Å². The SMILES string of the molecule is O=C(c1ccc(=O)[nH]c1)N1CCC(Cc2n[nH]c(=O)n2-c2ccccc2F)CC1. The highest BCUT2D eigenvalue weighted by molar-refractivity contribution is 5.93. The smallest absolute Gasteiger partial charge is 0.339 e. The number of nitrogens with one attached hydrogen (secondary N) is 2. The van der Waals surface area contributed by atoms with Crippen LogP contribution >= 0.6 is 0 Å². The van der Waals surface area contributed by atoms with Crippen LogP contribution in [0.1, 0.15) is 29.0 Å². The zero-order valence-electron chi connectivity index (χ0n) is 15.6. The van der Waals surface area contributed by atoms with Gasteiger partial charge in [-0.25, -0.2) is 18.9 Å². The highest BCUT2D eigenvalue weighted by Gasteiger charge is 2.26. The van der Waals surface area contributed by atoms with Crippen LogP contribution in [0.3, 0.4) is 0 Å². The molecule has 8 nitrogen and oxygen atoms in total. The summed E-state index contributed by atoms with van der Waals surface area (Å²) in [6.07, 6.45) is 3.42. The van der Waals surface area contributed by atoms with Gasteiger partial charge in [0.2, 0.25) is 5.56 Å². The van der Waals surface area contributed by atoms with Gasteiger partial charge in [-0.1, -0.05) is 12.1 Å². The Hall–Kier alpha value is -3.49. The first-order valence-corrected chi connectivity index (χ1v) is 9.42. The number of halogens is 1. The number of benzene rings is 1. The number of pyridine rings is 1. The van der Waals surface area contributed by atoms with Crippen LogP contribution in [0.2, 0.25) is 0 Å². The van der Waals surface area contributed by atoms with Crippen LogP contribution < -0.4 is 11.2 Å². The Morgan fingerprint density at radius 3 is 2.59 bits per heavy atom. The minimum absolute atomic E-state index is 0.122. The number of carbonyl (C=O) groups is 1. The van der Waals surface area contributed by atoms with Crippen molar-refractivity contribution in [2.24, 2.45) is 5.92 Å². The van der Waals surface area contributed by atoms with Gasteiger partial charge in [0.05, 0.1) is 11.3 Å². The molecule has 1 aromatic carbocycles. The summed E-state index contributed by atoms with van der Waals surface area (Å²) in [5.74, 6) is 0.0853. The molecular formula is C20H20FN5O3. The lowest BCUT2D eigenvalue weighted by atomic mass is 9.93. The van der Waals surface area contributed by atoms with Crippen molar-refractivity contribution in [2.75, 3.05) is 13.1 Å². The van der Waals surface area contributed by atoms with Gasteiger partial charge in [-0.05, 0) is 37.0 Å². The van der Waals surface area contributed by atoms with Gasteiger partial charge in [-0.3, -0.25) is 9.59 Å². The molecule has 150 valence electrons. The van der Waals surface area contributed by atoms with E-state index in [9.17, 15) is 18.8 Å². The molecule has 1 saturated heterocycles. The molecule has 0 spiro atoms. The number of hydrogen-bond acceptors (Lipinski definition) is 4. The maximum atomic E-state index is 14.2. The highest BCUT2D eigenvalue weighted by atomic mass is 19.1. The normalized spacial score (nSPS) is 14.9. The predicted molar refractivity (Wildman–Crippen MR) is 104 cm³/mol. The molecule has 4 rings (SSSR count). The molecule has 1 aliphatic heterocycles. The molecule has 1 amide bonds. The first kappa shape index (κ1) is 18.9. The van der Waals surface area contributed by atoms with Crippen molar-refractivity contribution in [3.8, 4) is 5.69 Å². The fraction of sp³-hybridized carbons (Fsp3) is 0.300. The average molecular weight is 397 g/mol. The van der Waals surface area contributed by atoms with Crippen molar-refractivity contribution in [1.82, 2.24) is 24.6 Å². The predicted octanol–water partition coefficient (Wildman–Crippen LogP) is 1.48. The second-order valence-corrected chi connectivity index (χ2v) is 7.11. The number of nitrogens with zero attached hydrogens (tertiary/aromatic N) is 3. The van der Waals surface area contributed by atoms with E-state index in [1.807, 2.05) is 0 Å². The minimum atomic E-state index is -0.487. The standard InChI is InChI=1S/C20H20FN5O3/c21-15-3-1-2-4-16(15)26-17(23-24-20(26)29)11-13-7-9-25(10-8-13)19(28)14-5-6-18(27)22-12-14/h1-6,12-13H,7-11H2,(H,22,27)(H,24,29). The molecule has 0 aliphatic carbocycles. The molecule has 0 unspecified atom stereocenters. The zero-order chi connectivity index (χ0) is 20.4. The van der Waals surface area contributed by atoms with Crippen LogP contribution in [0, 0.1) is 11.7 Å². The molecule has 0 saturated carbocycles. The van der Waals surface area contributed by atoms with Crippen LogP contribution in [-0.4, -0.2) is 43.6 Å². The summed E-state index contributed by atoms with van der Waals surface area (Å²) in [5, 5.41) is 6.48. The van der Waals surface area contributed by atoms with E-state index in [4.69, 9.17) is 0 Å². The summed E-state index contributed by atoms with van der Waals surface area (Å²) in [6, 6.07) is 8.94. The third-order valence-corrected chi connectivity index (χ3v) is 5.24. The minimum Gasteiger partial charge on any atom is -0.339 e. The molecule has 29 heavy (non-hydrogen) atoms. The average Bonchev–Trinajstić information content (AvgIpc) is 3.09. The molecule has 3 heterocycles. The fourth-order valence-corrected chi connectivity index (χ4v) is 3.67. The Bertz CT molecular complexity index is 1120.